The van der Waals surface area contributed by atoms with Crippen LogP contribution in [-0.4, -0.2) is 46.8 Å². The van der Waals surface area contributed by atoms with Crippen LogP contribution in [0.15, 0.2) is 24.5 Å². The number of ether oxygens (including phenoxy) is 1. The number of benzene rings is 1. The molecule has 0 aliphatic heterocycles. The number of rotatable bonds is 6. The van der Waals surface area contributed by atoms with Crippen LogP contribution in [0.2, 0.25) is 0 Å². The smallest absolute Gasteiger partial charge is 0.228 e. The van der Waals surface area contributed by atoms with Gasteiger partial charge >= 0.3 is 0 Å². The zero-order chi connectivity index (χ0) is 15.2. The first kappa shape index (κ1) is 14.9. The van der Waals surface area contributed by atoms with Gasteiger partial charge in [0.05, 0.1) is 7.11 Å². The third-order valence-electron chi connectivity index (χ3n) is 3.00. The van der Waals surface area contributed by atoms with E-state index in [0.717, 1.165) is 0 Å². The standard InChI is InChI=1S/C13H18N6O2/c1-9(7-14-2)13(20)16-10-4-5-12(21-3)11(6-10)19-8-15-17-18-19/h4-6,8-9,14H,7H2,1-3H3,(H,16,20). The van der Waals surface area contributed by atoms with Crippen molar-refractivity contribution in [2.75, 3.05) is 26.0 Å². The SMILES string of the molecule is CNCC(C)C(=O)Nc1ccc(OC)c(-n2cnnn2)c1. The van der Waals surface area contributed by atoms with Crippen molar-refractivity contribution in [3.05, 3.63) is 24.5 Å². The number of nitrogens with zero attached hydrogens (tertiary/aromatic N) is 4. The highest BCUT2D eigenvalue weighted by atomic mass is 16.5. The lowest BCUT2D eigenvalue weighted by Crippen LogP contribution is -2.28. The average Bonchev–Trinajstić information content (AvgIpc) is 3.01. The number of methoxy groups -OCH3 is 1. The molecular formula is C13H18N6O2. The molecule has 0 radical (unpaired) electrons. The predicted molar refractivity (Wildman–Crippen MR) is 77.4 cm³/mol. The van der Waals surface area contributed by atoms with Crippen LogP contribution in [0.25, 0.3) is 5.69 Å². The zero-order valence-corrected chi connectivity index (χ0v) is 12.2. The van der Waals surface area contributed by atoms with E-state index in [1.54, 1.807) is 25.3 Å². The lowest BCUT2D eigenvalue weighted by molar-refractivity contribution is -0.119. The maximum absolute atomic E-state index is 12.0. The van der Waals surface area contributed by atoms with Crippen molar-refractivity contribution in [3.8, 4) is 11.4 Å². The van der Waals surface area contributed by atoms with Crippen molar-refractivity contribution < 1.29 is 9.53 Å². The molecule has 2 rings (SSSR count). The second-order valence-corrected chi connectivity index (χ2v) is 4.59. The van der Waals surface area contributed by atoms with E-state index in [-0.39, 0.29) is 11.8 Å². The highest BCUT2D eigenvalue weighted by Gasteiger charge is 2.14. The molecule has 112 valence electrons. The molecule has 0 aliphatic rings. The molecule has 0 spiro atoms. The molecule has 1 amide bonds. The van der Waals surface area contributed by atoms with Crippen LogP contribution in [0.5, 0.6) is 5.75 Å². The maximum atomic E-state index is 12.0. The Bertz CT molecular complexity index is 599. The van der Waals surface area contributed by atoms with Gasteiger partial charge in [0, 0.05) is 18.2 Å². The van der Waals surface area contributed by atoms with E-state index >= 15 is 0 Å². The molecule has 8 heteroatoms. The van der Waals surface area contributed by atoms with Crippen molar-refractivity contribution in [3.63, 3.8) is 0 Å². The molecule has 1 aromatic heterocycles. The largest absolute Gasteiger partial charge is 0.494 e. The van der Waals surface area contributed by atoms with E-state index in [1.165, 1.54) is 11.0 Å². The summed E-state index contributed by atoms with van der Waals surface area (Å²) in [5.74, 6) is 0.425. The molecule has 0 aliphatic carbocycles. The van der Waals surface area contributed by atoms with Gasteiger partial charge < -0.3 is 15.4 Å². The number of carbonyl (C=O) groups excluding carboxylic acids is 1. The molecule has 1 heterocycles. The minimum atomic E-state index is -0.131. The van der Waals surface area contributed by atoms with Crippen molar-refractivity contribution >= 4 is 11.6 Å². The van der Waals surface area contributed by atoms with Crippen LogP contribution in [0.1, 0.15) is 6.92 Å². The Labute approximate surface area is 122 Å². The third-order valence-corrected chi connectivity index (χ3v) is 3.00. The van der Waals surface area contributed by atoms with Crippen molar-refractivity contribution in [1.29, 1.82) is 0 Å². The number of tetrazole rings is 1. The van der Waals surface area contributed by atoms with Crippen LogP contribution in [0.3, 0.4) is 0 Å². The summed E-state index contributed by atoms with van der Waals surface area (Å²) in [6.07, 6.45) is 1.47. The zero-order valence-electron chi connectivity index (χ0n) is 12.2. The van der Waals surface area contributed by atoms with E-state index in [0.29, 0.717) is 23.7 Å². The van der Waals surface area contributed by atoms with E-state index in [1.807, 2.05) is 14.0 Å². The van der Waals surface area contributed by atoms with E-state index in [2.05, 4.69) is 26.2 Å². The second kappa shape index (κ2) is 6.80. The topological polar surface area (TPSA) is 94.0 Å². The molecule has 2 aromatic rings. The van der Waals surface area contributed by atoms with Gasteiger partial charge in [0.25, 0.3) is 0 Å². The first-order chi connectivity index (χ1) is 10.2. The van der Waals surface area contributed by atoms with Gasteiger partial charge in [-0.25, -0.2) is 0 Å². The van der Waals surface area contributed by atoms with Gasteiger partial charge in [0.1, 0.15) is 17.8 Å². The average molecular weight is 290 g/mol. The molecule has 0 bridgehead atoms. The van der Waals surface area contributed by atoms with Crippen LogP contribution >= 0.6 is 0 Å². The van der Waals surface area contributed by atoms with Crippen molar-refractivity contribution in [1.82, 2.24) is 25.5 Å². The lowest BCUT2D eigenvalue weighted by Gasteiger charge is -2.13. The molecule has 0 saturated heterocycles. The van der Waals surface area contributed by atoms with Crippen molar-refractivity contribution in [2.45, 2.75) is 6.92 Å². The number of hydrogen-bond donors (Lipinski definition) is 2. The summed E-state index contributed by atoms with van der Waals surface area (Å²) in [5, 5.41) is 16.9. The minimum absolute atomic E-state index is 0.0582. The molecule has 8 nitrogen and oxygen atoms in total. The Morgan fingerprint density at radius 1 is 1.48 bits per heavy atom. The fourth-order valence-corrected chi connectivity index (χ4v) is 1.88. The Kier molecular flexibility index (Phi) is 4.83. The highest BCUT2D eigenvalue weighted by Crippen LogP contribution is 2.25. The Morgan fingerprint density at radius 2 is 2.29 bits per heavy atom. The van der Waals surface area contributed by atoms with E-state index in [9.17, 15) is 4.79 Å². The molecule has 1 atom stereocenters. The number of carbonyl (C=O) groups is 1. The Balaban J connectivity index is 2.22. The summed E-state index contributed by atoms with van der Waals surface area (Å²) < 4.78 is 6.75. The molecular weight excluding hydrogens is 272 g/mol. The molecule has 1 unspecified atom stereocenters. The maximum Gasteiger partial charge on any atom is 0.228 e. The second-order valence-electron chi connectivity index (χ2n) is 4.59. The summed E-state index contributed by atoms with van der Waals surface area (Å²) in [5.41, 5.74) is 1.32. The Morgan fingerprint density at radius 3 is 2.90 bits per heavy atom. The van der Waals surface area contributed by atoms with Gasteiger partial charge in [-0.3, -0.25) is 4.79 Å². The highest BCUT2D eigenvalue weighted by molar-refractivity contribution is 5.92. The first-order valence-electron chi connectivity index (χ1n) is 6.52. The molecule has 1 aromatic carbocycles. The number of anilines is 1. The first-order valence-corrected chi connectivity index (χ1v) is 6.52. The van der Waals surface area contributed by atoms with Gasteiger partial charge in [-0.05, 0) is 35.7 Å². The van der Waals surface area contributed by atoms with Gasteiger partial charge in [-0.1, -0.05) is 6.92 Å². The number of hydrogen-bond acceptors (Lipinski definition) is 6. The summed E-state index contributed by atoms with van der Waals surface area (Å²) in [6, 6.07) is 5.30. The fraction of sp³-hybridized carbons (Fsp3) is 0.385. The quantitative estimate of drug-likeness (QED) is 0.803. The van der Waals surface area contributed by atoms with Gasteiger partial charge in [0.2, 0.25) is 5.91 Å². The van der Waals surface area contributed by atoms with Gasteiger partial charge in [-0.15, -0.1) is 5.10 Å². The Hall–Kier alpha value is -2.48. The third kappa shape index (κ3) is 3.54. The number of amides is 1. The van der Waals surface area contributed by atoms with Crippen molar-refractivity contribution in [2.24, 2.45) is 5.92 Å². The monoisotopic (exact) mass is 290 g/mol. The number of nitrogens with one attached hydrogen (secondary N) is 2. The summed E-state index contributed by atoms with van der Waals surface area (Å²) >= 11 is 0. The van der Waals surface area contributed by atoms with Crippen LogP contribution in [-0.2, 0) is 4.79 Å². The fourth-order valence-electron chi connectivity index (χ4n) is 1.88. The summed E-state index contributed by atoms with van der Waals surface area (Å²) in [4.78, 5) is 12.0. The molecule has 0 saturated carbocycles. The molecule has 2 N–H and O–H groups in total. The number of aromatic nitrogens is 4. The molecule has 21 heavy (non-hydrogen) atoms. The van der Waals surface area contributed by atoms with E-state index < -0.39 is 0 Å². The minimum Gasteiger partial charge on any atom is -0.494 e. The van der Waals surface area contributed by atoms with Crippen LogP contribution in [0.4, 0.5) is 5.69 Å². The lowest BCUT2D eigenvalue weighted by atomic mass is 10.1. The van der Waals surface area contributed by atoms with Crippen LogP contribution < -0.4 is 15.4 Å². The molecule has 0 fully saturated rings. The van der Waals surface area contributed by atoms with Crippen LogP contribution in [0, 0.1) is 5.92 Å². The predicted octanol–water partition coefficient (Wildman–Crippen LogP) is 0.465. The summed E-state index contributed by atoms with van der Waals surface area (Å²) in [6.45, 7) is 2.47. The normalized spacial score (nSPS) is 12.0. The van der Waals surface area contributed by atoms with E-state index in [4.69, 9.17) is 4.74 Å². The summed E-state index contributed by atoms with van der Waals surface area (Å²) in [7, 11) is 3.38. The van der Waals surface area contributed by atoms with Gasteiger partial charge in [0.15, 0.2) is 0 Å². The van der Waals surface area contributed by atoms with Gasteiger partial charge in [-0.2, -0.15) is 4.68 Å².